The highest BCUT2D eigenvalue weighted by Crippen LogP contribution is 2.43. The van der Waals surface area contributed by atoms with E-state index in [-0.39, 0.29) is 12.7 Å². The molecule has 1 aromatic carbocycles. The fourth-order valence-corrected chi connectivity index (χ4v) is 3.20. The van der Waals surface area contributed by atoms with Crippen LogP contribution in [0.5, 0.6) is 11.5 Å². The van der Waals surface area contributed by atoms with Gasteiger partial charge in [-0.3, -0.25) is 14.9 Å². The van der Waals surface area contributed by atoms with E-state index in [1.165, 1.54) is 12.5 Å². The van der Waals surface area contributed by atoms with E-state index in [1.54, 1.807) is 54.3 Å². The van der Waals surface area contributed by atoms with E-state index in [0.29, 0.717) is 29.7 Å². The third-order valence-corrected chi connectivity index (χ3v) is 4.57. The van der Waals surface area contributed by atoms with Crippen LogP contribution in [0.2, 0.25) is 0 Å². The number of hydrogen-bond donors (Lipinski definition) is 1. The Labute approximate surface area is 172 Å². The summed E-state index contributed by atoms with van der Waals surface area (Å²) < 4.78 is 16.6. The van der Waals surface area contributed by atoms with Gasteiger partial charge in [0.2, 0.25) is 12.7 Å². The molecule has 1 N–H and O–H groups in total. The van der Waals surface area contributed by atoms with Crippen molar-refractivity contribution in [3.63, 3.8) is 0 Å². The Kier molecular flexibility index (Phi) is 4.53. The SMILES string of the molecule is OC1=CN2CN1C=C1/C=C\O\C=C/C=N\C=C/N=Cc3ccc4c(c3N=C12)OCO4. The largest absolute Gasteiger partial charge is 0.493 e. The van der Waals surface area contributed by atoms with Gasteiger partial charge in [-0.25, -0.2) is 4.99 Å². The predicted molar refractivity (Wildman–Crippen MR) is 112 cm³/mol. The lowest BCUT2D eigenvalue weighted by atomic mass is 10.1. The van der Waals surface area contributed by atoms with Crippen LogP contribution in [0.4, 0.5) is 5.69 Å². The lowest BCUT2D eigenvalue weighted by molar-refractivity contribution is 0.174. The van der Waals surface area contributed by atoms with Crippen LogP contribution >= 0.6 is 0 Å². The maximum absolute atomic E-state index is 10.2. The zero-order valence-corrected chi connectivity index (χ0v) is 15.8. The fourth-order valence-electron chi connectivity index (χ4n) is 3.20. The van der Waals surface area contributed by atoms with E-state index in [4.69, 9.17) is 19.2 Å². The second kappa shape index (κ2) is 7.63. The Bertz CT molecular complexity index is 1110. The average molecular weight is 403 g/mol. The number of ether oxygens (including phenoxy) is 3. The third kappa shape index (κ3) is 3.32. The van der Waals surface area contributed by atoms with Crippen molar-refractivity contribution < 1.29 is 19.3 Å². The molecule has 4 aliphatic heterocycles. The molecule has 4 heterocycles. The summed E-state index contributed by atoms with van der Waals surface area (Å²) in [4.78, 5) is 16.8. The fraction of sp³-hybridized carbons (Fsp3) is 0.0952. The average Bonchev–Trinajstić information content (AvgIpc) is 3.33. The minimum Gasteiger partial charge on any atom is -0.493 e. The summed E-state index contributed by atoms with van der Waals surface area (Å²) in [5, 5.41) is 10.2. The molecule has 0 aromatic heterocycles. The maximum Gasteiger partial charge on any atom is 0.231 e. The molecule has 0 atom stereocenters. The molecule has 9 nitrogen and oxygen atoms in total. The molecule has 0 fully saturated rings. The summed E-state index contributed by atoms with van der Waals surface area (Å²) >= 11 is 0. The Morgan fingerprint density at radius 3 is 2.90 bits per heavy atom. The van der Waals surface area contributed by atoms with Crippen LogP contribution in [0.3, 0.4) is 0 Å². The standard InChI is InChI=1S/C21H17N5O4/c27-18-12-26-13-25(18)11-16-4-9-28-8-1-5-22-6-7-23-10-15-2-3-17-20(30-14-29-17)19(15)24-21(16)26/h1-12,27H,13-14H2/b7-6-,8-1-,9-4-,22-5-,23-10?,24-21?. The van der Waals surface area contributed by atoms with Gasteiger partial charge in [-0.1, -0.05) is 0 Å². The molecular formula is C21H17N5O4. The van der Waals surface area contributed by atoms with Crippen molar-refractivity contribution in [2.45, 2.75) is 0 Å². The van der Waals surface area contributed by atoms with Crippen LogP contribution < -0.4 is 9.47 Å². The van der Waals surface area contributed by atoms with E-state index in [0.717, 1.165) is 11.1 Å². The molecule has 0 amide bonds. The first-order valence-corrected chi connectivity index (χ1v) is 9.16. The summed E-state index contributed by atoms with van der Waals surface area (Å²) in [6.07, 6.45) is 16.3. The number of fused-ring (bicyclic) bond motifs is 7. The van der Waals surface area contributed by atoms with Gasteiger partial charge in [-0.15, -0.1) is 0 Å². The van der Waals surface area contributed by atoms with Crippen molar-refractivity contribution in [2.75, 3.05) is 13.5 Å². The van der Waals surface area contributed by atoms with Crippen molar-refractivity contribution in [3.05, 3.63) is 78.6 Å². The molecule has 5 rings (SSSR count). The summed E-state index contributed by atoms with van der Waals surface area (Å²) in [6, 6.07) is 3.70. The van der Waals surface area contributed by atoms with Crippen molar-refractivity contribution in [1.82, 2.24) is 9.80 Å². The first-order valence-electron chi connectivity index (χ1n) is 9.16. The molecule has 9 heteroatoms. The van der Waals surface area contributed by atoms with Crippen molar-refractivity contribution >= 4 is 24.0 Å². The molecule has 2 bridgehead atoms. The number of amidine groups is 1. The van der Waals surface area contributed by atoms with Gasteiger partial charge in [0.05, 0.1) is 18.7 Å². The quantitative estimate of drug-likeness (QED) is 0.715. The lowest BCUT2D eigenvalue weighted by Gasteiger charge is -2.27. The van der Waals surface area contributed by atoms with Crippen molar-refractivity contribution in [3.8, 4) is 11.5 Å². The highest BCUT2D eigenvalue weighted by Gasteiger charge is 2.31. The zero-order chi connectivity index (χ0) is 20.3. The summed E-state index contributed by atoms with van der Waals surface area (Å²) in [6.45, 7) is 0.584. The first-order chi connectivity index (χ1) is 14.8. The summed E-state index contributed by atoms with van der Waals surface area (Å²) in [5.74, 6) is 1.93. The highest BCUT2D eigenvalue weighted by molar-refractivity contribution is 6.05. The number of aliphatic imine (C=N–C) groups is 3. The number of allylic oxidation sites excluding steroid dienone is 1. The molecule has 30 heavy (non-hydrogen) atoms. The normalized spacial score (nSPS) is 23.4. The van der Waals surface area contributed by atoms with E-state index in [9.17, 15) is 5.11 Å². The van der Waals surface area contributed by atoms with Crippen LogP contribution in [0, 0.1) is 0 Å². The molecular weight excluding hydrogens is 386 g/mol. The van der Waals surface area contributed by atoms with Crippen LogP contribution in [0.1, 0.15) is 5.56 Å². The van der Waals surface area contributed by atoms with Crippen LogP contribution in [0.25, 0.3) is 0 Å². The summed E-state index contributed by atoms with van der Waals surface area (Å²) in [5.41, 5.74) is 2.08. The smallest absolute Gasteiger partial charge is 0.231 e. The Hall–Kier alpha value is -4.27. The van der Waals surface area contributed by atoms with E-state index >= 15 is 0 Å². The highest BCUT2D eigenvalue weighted by atomic mass is 16.7. The number of rotatable bonds is 0. The second-order valence-electron chi connectivity index (χ2n) is 6.47. The zero-order valence-electron chi connectivity index (χ0n) is 15.8. The summed E-state index contributed by atoms with van der Waals surface area (Å²) in [7, 11) is 0. The van der Waals surface area contributed by atoms with Gasteiger partial charge in [0.1, 0.15) is 18.2 Å². The molecule has 1 aromatic rings. The van der Waals surface area contributed by atoms with Gasteiger partial charge in [-0.2, -0.15) is 0 Å². The van der Waals surface area contributed by atoms with E-state index < -0.39 is 0 Å². The van der Waals surface area contributed by atoms with Gasteiger partial charge >= 0.3 is 0 Å². The third-order valence-electron chi connectivity index (χ3n) is 4.57. The van der Waals surface area contributed by atoms with Crippen LogP contribution in [-0.4, -0.2) is 46.6 Å². The number of aliphatic hydroxyl groups excluding tert-OH is 1. The monoisotopic (exact) mass is 403 g/mol. The molecule has 4 aliphatic rings. The van der Waals surface area contributed by atoms with Crippen molar-refractivity contribution in [2.24, 2.45) is 15.0 Å². The van der Waals surface area contributed by atoms with Gasteiger partial charge in [-0.05, 0) is 24.3 Å². The predicted octanol–water partition coefficient (Wildman–Crippen LogP) is 3.29. The molecule has 0 saturated heterocycles. The molecule has 0 radical (unpaired) electrons. The maximum atomic E-state index is 10.2. The topological polar surface area (TPSA) is 91.5 Å². The number of nitrogens with zero attached hydrogens (tertiary/aromatic N) is 5. The molecule has 0 aliphatic carbocycles. The van der Waals surface area contributed by atoms with E-state index in [1.807, 2.05) is 17.0 Å². The minimum atomic E-state index is 0.128. The van der Waals surface area contributed by atoms with Gasteiger partial charge in [0.15, 0.2) is 11.5 Å². The lowest BCUT2D eigenvalue weighted by Crippen LogP contribution is -2.34. The number of hydrogen-bond acceptors (Lipinski definition) is 9. The van der Waals surface area contributed by atoms with Gasteiger partial charge in [0.25, 0.3) is 0 Å². The second-order valence-corrected chi connectivity index (χ2v) is 6.47. The molecule has 0 saturated carbocycles. The first kappa shape index (κ1) is 17.8. The minimum absolute atomic E-state index is 0.128. The molecule has 0 spiro atoms. The molecule has 150 valence electrons. The Morgan fingerprint density at radius 2 is 1.93 bits per heavy atom. The Balaban J connectivity index is 1.67. The van der Waals surface area contributed by atoms with E-state index in [2.05, 4.69) is 9.98 Å². The van der Waals surface area contributed by atoms with Gasteiger partial charge in [0, 0.05) is 42.2 Å². The van der Waals surface area contributed by atoms with Crippen LogP contribution in [-0.2, 0) is 4.74 Å². The Morgan fingerprint density at radius 1 is 1.00 bits per heavy atom. The number of aliphatic hydroxyl groups is 1. The molecule has 0 unspecified atom stereocenters. The number of benzene rings is 1. The van der Waals surface area contributed by atoms with Crippen molar-refractivity contribution in [1.29, 1.82) is 0 Å². The van der Waals surface area contributed by atoms with Crippen LogP contribution in [0.15, 0.2) is 88.0 Å². The van der Waals surface area contributed by atoms with Gasteiger partial charge < -0.3 is 24.2 Å².